The summed E-state index contributed by atoms with van der Waals surface area (Å²) in [7, 11) is 2.06. The van der Waals surface area contributed by atoms with Crippen LogP contribution >= 0.6 is 15.9 Å². The summed E-state index contributed by atoms with van der Waals surface area (Å²) in [5, 5.41) is 1.30. The normalized spacial score (nSPS) is 11.1. The zero-order valence-electron chi connectivity index (χ0n) is 8.13. The van der Waals surface area contributed by atoms with Crippen molar-refractivity contribution in [2.45, 2.75) is 6.42 Å². The number of nitrogens with two attached hydrogens (primary N) is 1. The molecule has 0 aliphatic rings. The first kappa shape index (κ1) is 9.74. The van der Waals surface area contributed by atoms with Gasteiger partial charge in [0.25, 0.3) is 0 Å². The van der Waals surface area contributed by atoms with Crippen LogP contribution in [0.3, 0.4) is 0 Å². The van der Waals surface area contributed by atoms with E-state index in [0.29, 0.717) is 6.54 Å². The molecular formula is C11H13BrN2. The Kier molecular flexibility index (Phi) is 2.61. The van der Waals surface area contributed by atoms with Crippen molar-refractivity contribution in [3.63, 3.8) is 0 Å². The Morgan fingerprint density at radius 2 is 2.07 bits per heavy atom. The average molecular weight is 253 g/mol. The number of benzene rings is 1. The number of fused-ring (bicyclic) bond motifs is 1. The quantitative estimate of drug-likeness (QED) is 0.875. The van der Waals surface area contributed by atoms with Crippen LogP contribution in [-0.4, -0.2) is 11.1 Å². The highest BCUT2D eigenvalue weighted by Crippen LogP contribution is 2.29. The maximum atomic E-state index is 5.60. The third-order valence-corrected chi connectivity index (χ3v) is 3.54. The highest BCUT2D eigenvalue weighted by Gasteiger charge is 2.10. The highest BCUT2D eigenvalue weighted by molar-refractivity contribution is 9.10. The van der Waals surface area contributed by atoms with E-state index in [1.54, 1.807) is 0 Å². The number of hydrogen-bond donors (Lipinski definition) is 1. The predicted octanol–water partition coefficient (Wildman–Crippen LogP) is 2.44. The smallest absolute Gasteiger partial charge is 0.0887 e. The molecule has 3 heteroatoms. The number of rotatable bonds is 2. The molecule has 0 atom stereocenters. The molecule has 0 radical (unpaired) electrons. The van der Waals surface area contributed by atoms with Crippen molar-refractivity contribution in [1.29, 1.82) is 0 Å². The zero-order valence-corrected chi connectivity index (χ0v) is 9.71. The third kappa shape index (κ3) is 1.37. The molecule has 0 amide bonds. The standard InChI is InChI=1S/C11H13BrN2/c1-14-10-5-3-2-4-8(10)9(6-7-13)11(14)12/h2-5H,6-7,13H2,1H3. The van der Waals surface area contributed by atoms with E-state index < -0.39 is 0 Å². The number of hydrogen-bond acceptors (Lipinski definition) is 1. The Labute approximate surface area is 91.8 Å². The molecule has 0 aliphatic heterocycles. The average Bonchev–Trinajstić information content (AvgIpc) is 2.45. The van der Waals surface area contributed by atoms with Crippen LogP contribution in [0, 0.1) is 0 Å². The Morgan fingerprint density at radius 3 is 2.79 bits per heavy atom. The summed E-state index contributed by atoms with van der Waals surface area (Å²) in [5.41, 5.74) is 8.16. The lowest BCUT2D eigenvalue weighted by molar-refractivity contribution is 0.903. The molecule has 1 heterocycles. The zero-order chi connectivity index (χ0) is 10.1. The van der Waals surface area contributed by atoms with Gasteiger partial charge >= 0.3 is 0 Å². The summed E-state index contributed by atoms with van der Waals surface area (Å²) < 4.78 is 3.30. The Morgan fingerprint density at radius 1 is 1.36 bits per heavy atom. The minimum absolute atomic E-state index is 0.687. The first-order valence-corrected chi connectivity index (χ1v) is 5.47. The fraction of sp³-hybridized carbons (Fsp3) is 0.273. The first-order chi connectivity index (χ1) is 6.75. The van der Waals surface area contributed by atoms with E-state index in [4.69, 9.17) is 5.73 Å². The van der Waals surface area contributed by atoms with Crippen LogP contribution in [0.5, 0.6) is 0 Å². The van der Waals surface area contributed by atoms with Gasteiger partial charge in [0.2, 0.25) is 0 Å². The molecule has 1 aromatic carbocycles. The minimum atomic E-state index is 0.687. The first-order valence-electron chi connectivity index (χ1n) is 4.67. The predicted molar refractivity (Wildman–Crippen MR) is 63.4 cm³/mol. The number of aromatic nitrogens is 1. The molecule has 0 saturated carbocycles. The van der Waals surface area contributed by atoms with Gasteiger partial charge in [-0.05, 0) is 40.5 Å². The monoisotopic (exact) mass is 252 g/mol. The van der Waals surface area contributed by atoms with Crippen LogP contribution in [0.4, 0.5) is 0 Å². The molecule has 0 saturated heterocycles. The molecule has 1 aromatic heterocycles. The van der Waals surface area contributed by atoms with Crippen LogP contribution in [0.25, 0.3) is 10.9 Å². The SMILES string of the molecule is Cn1c(Br)c(CCN)c2ccccc21. The molecule has 2 aromatic rings. The Balaban J connectivity index is 2.74. The fourth-order valence-electron chi connectivity index (χ4n) is 1.82. The maximum absolute atomic E-state index is 5.60. The second-order valence-corrected chi connectivity index (χ2v) is 4.14. The molecule has 0 fully saturated rings. The van der Waals surface area contributed by atoms with Gasteiger partial charge in [-0.3, -0.25) is 0 Å². The Hall–Kier alpha value is -0.800. The summed E-state index contributed by atoms with van der Waals surface area (Å²) >= 11 is 3.60. The van der Waals surface area contributed by atoms with Gasteiger partial charge in [0.15, 0.2) is 0 Å². The second kappa shape index (κ2) is 3.75. The summed E-state index contributed by atoms with van der Waals surface area (Å²) in [6, 6.07) is 8.39. The van der Waals surface area contributed by atoms with Crippen molar-refractivity contribution in [3.8, 4) is 0 Å². The maximum Gasteiger partial charge on any atom is 0.0887 e. The number of nitrogens with zero attached hydrogens (tertiary/aromatic N) is 1. The number of halogens is 1. The van der Waals surface area contributed by atoms with E-state index in [-0.39, 0.29) is 0 Å². The molecule has 74 valence electrons. The second-order valence-electron chi connectivity index (χ2n) is 3.38. The van der Waals surface area contributed by atoms with E-state index in [0.717, 1.165) is 11.0 Å². The van der Waals surface area contributed by atoms with Gasteiger partial charge in [-0.15, -0.1) is 0 Å². The fourth-order valence-corrected chi connectivity index (χ4v) is 2.43. The lowest BCUT2D eigenvalue weighted by Crippen LogP contribution is -2.02. The van der Waals surface area contributed by atoms with Crippen LogP contribution in [-0.2, 0) is 13.5 Å². The van der Waals surface area contributed by atoms with Crippen LogP contribution in [0.1, 0.15) is 5.56 Å². The molecule has 14 heavy (non-hydrogen) atoms. The van der Waals surface area contributed by atoms with Crippen molar-refractivity contribution in [3.05, 3.63) is 34.4 Å². The van der Waals surface area contributed by atoms with Gasteiger partial charge in [0.1, 0.15) is 0 Å². The largest absolute Gasteiger partial charge is 0.338 e. The molecule has 0 aliphatic carbocycles. The van der Waals surface area contributed by atoms with E-state index in [9.17, 15) is 0 Å². The molecule has 2 rings (SSSR count). The van der Waals surface area contributed by atoms with Gasteiger partial charge in [-0.25, -0.2) is 0 Å². The van der Waals surface area contributed by atoms with E-state index in [2.05, 4.69) is 51.8 Å². The van der Waals surface area contributed by atoms with Gasteiger partial charge in [0.05, 0.1) is 4.60 Å². The van der Waals surface area contributed by atoms with Gasteiger partial charge in [-0.1, -0.05) is 18.2 Å². The van der Waals surface area contributed by atoms with Crippen LogP contribution in [0.2, 0.25) is 0 Å². The summed E-state index contributed by atoms with van der Waals surface area (Å²) in [4.78, 5) is 0. The van der Waals surface area contributed by atoms with Crippen molar-refractivity contribution >= 4 is 26.8 Å². The van der Waals surface area contributed by atoms with E-state index in [1.165, 1.54) is 16.5 Å². The number of para-hydroxylation sites is 1. The molecule has 0 bridgehead atoms. The van der Waals surface area contributed by atoms with Gasteiger partial charge < -0.3 is 10.3 Å². The summed E-state index contributed by atoms with van der Waals surface area (Å²) in [6.45, 7) is 0.687. The Bertz CT molecular complexity index is 460. The van der Waals surface area contributed by atoms with Crippen molar-refractivity contribution in [2.24, 2.45) is 12.8 Å². The van der Waals surface area contributed by atoms with Crippen molar-refractivity contribution in [1.82, 2.24) is 4.57 Å². The highest BCUT2D eigenvalue weighted by atomic mass is 79.9. The lowest BCUT2D eigenvalue weighted by atomic mass is 10.1. The van der Waals surface area contributed by atoms with Gasteiger partial charge in [-0.2, -0.15) is 0 Å². The van der Waals surface area contributed by atoms with Crippen molar-refractivity contribution in [2.75, 3.05) is 6.54 Å². The molecular weight excluding hydrogens is 240 g/mol. The third-order valence-electron chi connectivity index (χ3n) is 2.53. The summed E-state index contributed by atoms with van der Waals surface area (Å²) in [6.07, 6.45) is 0.919. The van der Waals surface area contributed by atoms with Gasteiger partial charge in [0, 0.05) is 18.0 Å². The minimum Gasteiger partial charge on any atom is -0.338 e. The van der Waals surface area contributed by atoms with Crippen LogP contribution in [0.15, 0.2) is 28.9 Å². The molecule has 0 unspecified atom stereocenters. The van der Waals surface area contributed by atoms with E-state index in [1.807, 2.05) is 0 Å². The summed E-state index contributed by atoms with van der Waals surface area (Å²) in [5.74, 6) is 0. The topological polar surface area (TPSA) is 30.9 Å². The molecule has 2 nitrogen and oxygen atoms in total. The number of aryl methyl sites for hydroxylation is 1. The molecule has 0 spiro atoms. The van der Waals surface area contributed by atoms with Crippen LogP contribution < -0.4 is 5.73 Å². The van der Waals surface area contributed by atoms with Crippen molar-refractivity contribution < 1.29 is 0 Å². The molecule has 2 N–H and O–H groups in total. The van der Waals surface area contributed by atoms with E-state index >= 15 is 0 Å². The lowest BCUT2D eigenvalue weighted by Gasteiger charge is -1.97.